The SMILES string of the molecule is CCN(CC)C(=O)c1cccc(NC(=O)CSc2ncnc3sc(C)c(C)c23)c1. The molecular formula is C21H24N4O2S2. The zero-order chi connectivity index (χ0) is 21.0. The first-order valence-electron chi connectivity index (χ1n) is 9.47. The van der Waals surface area contributed by atoms with Crippen molar-refractivity contribution in [1.82, 2.24) is 14.9 Å². The fourth-order valence-corrected chi connectivity index (χ4v) is 4.93. The van der Waals surface area contributed by atoms with Gasteiger partial charge < -0.3 is 10.2 Å². The second kappa shape index (κ2) is 9.37. The van der Waals surface area contributed by atoms with Crippen LogP contribution in [0.25, 0.3) is 10.2 Å². The maximum atomic E-state index is 12.5. The van der Waals surface area contributed by atoms with Gasteiger partial charge in [-0.2, -0.15) is 0 Å². The molecule has 0 radical (unpaired) electrons. The van der Waals surface area contributed by atoms with Gasteiger partial charge in [0, 0.05) is 34.6 Å². The number of aromatic nitrogens is 2. The largest absolute Gasteiger partial charge is 0.339 e. The van der Waals surface area contributed by atoms with Gasteiger partial charge in [-0.15, -0.1) is 11.3 Å². The van der Waals surface area contributed by atoms with Crippen molar-refractivity contribution in [3.63, 3.8) is 0 Å². The number of amides is 2. The summed E-state index contributed by atoms with van der Waals surface area (Å²) in [6, 6.07) is 7.06. The maximum Gasteiger partial charge on any atom is 0.253 e. The lowest BCUT2D eigenvalue weighted by Crippen LogP contribution is -2.30. The number of benzene rings is 1. The van der Waals surface area contributed by atoms with E-state index in [4.69, 9.17) is 0 Å². The van der Waals surface area contributed by atoms with Crippen molar-refractivity contribution in [3.8, 4) is 0 Å². The number of thiophene rings is 1. The fraction of sp³-hybridized carbons (Fsp3) is 0.333. The van der Waals surface area contributed by atoms with Crippen molar-refractivity contribution < 1.29 is 9.59 Å². The van der Waals surface area contributed by atoms with Gasteiger partial charge in [0.05, 0.1) is 5.75 Å². The van der Waals surface area contributed by atoms with E-state index in [-0.39, 0.29) is 17.6 Å². The molecular weight excluding hydrogens is 404 g/mol. The van der Waals surface area contributed by atoms with E-state index < -0.39 is 0 Å². The van der Waals surface area contributed by atoms with Crippen LogP contribution in [0.2, 0.25) is 0 Å². The van der Waals surface area contributed by atoms with Crippen LogP contribution >= 0.6 is 23.1 Å². The average molecular weight is 429 g/mol. The predicted molar refractivity (Wildman–Crippen MR) is 120 cm³/mol. The summed E-state index contributed by atoms with van der Waals surface area (Å²) in [7, 11) is 0. The Labute approximate surface area is 178 Å². The van der Waals surface area contributed by atoms with Crippen LogP contribution in [-0.4, -0.2) is 45.5 Å². The van der Waals surface area contributed by atoms with Gasteiger partial charge in [0.25, 0.3) is 5.91 Å². The summed E-state index contributed by atoms with van der Waals surface area (Å²) in [6.07, 6.45) is 1.54. The van der Waals surface area contributed by atoms with Gasteiger partial charge >= 0.3 is 0 Å². The Bertz CT molecular complexity index is 1040. The molecule has 2 aromatic heterocycles. The molecule has 0 saturated carbocycles. The molecule has 1 N–H and O–H groups in total. The van der Waals surface area contributed by atoms with Crippen molar-refractivity contribution in [2.45, 2.75) is 32.7 Å². The van der Waals surface area contributed by atoms with E-state index in [1.807, 2.05) is 13.8 Å². The minimum absolute atomic E-state index is 0.0350. The molecule has 0 fully saturated rings. The number of hydrogen-bond donors (Lipinski definition) is 1. The third-order valence-corrected chi connectivity index (χ3v) is 6.82. The summed E-state index contributed by atoms with van der Waals surface area (Å²) < 4.78 is 0. The van der Waals surface area contributed by atoms with Gasteiger partial charge in [0.1, 0.15) is 16.2 Å². The van der Waals surface area contributed by atoms with E-state index >= 15 is 0 Å². The number of nitrogens with zero attached hydrogens (tertiary/aromatic N) is 3. The molecule has 6 nitrogen and oxygen atoms in total. The molecule has 0 saturated heterocycles. The van der Waals surface area contributed by atoms with Crippen LogP contribution in [-0.2, 0) is 4.79 Å². The Morgan fingerprint density at radius 2 is 1.93 bits per heavy atom. The van der Waals surface area contributed by atoms with Crippen LogP contribution < -0.4 is 5.32 Å². The molecule has 2 heterocycles. The molecule has 29 heavy (non-hydrogen) atoms. The van der Waals surface area contributed by atoms with E-state index in [2.05, 4.69) is 29.1 Å². The number of nitrogens with one attached hydrogen (secondary N) is 1. The number of carbonyl (C=O) groups is 2. The van der Waals surface area contributed by atoms with Gasteiger partial charge in [-0.05, 0) is 51.5 Å². The van der Waals surface area contributed by atoms with Crippen molar-refractivity contribution in [2.75, 3.05) is 24.2 Å². The Kier molecular flexibility index (Phi) is 6.87. The lowest BCUT2D eigenvalue weighted by Gasteiger charge is -2.19. The molecule has 3 rings (SSSR count). The minimum atomic E-state index is -0.140. The monoisotopic (exact) mass is 428 g/mol. The summed E-state index contributed by atoms with van der Waals surface area (Å²) in [6.45, 7) is 9.32. The third kappa shape index (κ3) is 4.76. The van der Waals surface area contributed by atoms with Gasteiger partial charge in [-0.1, -0.05) is 17.8 Å². The molecule has 0 atom stereocenters. The molecule has 0 bridgehead atoms. The summed E-state index contributed by atoms with van der Waals surface area (Å²) in [5, 5.41) is 4.72. The standard InChI is InChI=1S/C21H24N4O2S2/c1-5-25(6-2)21(27)15-8-7-9-16(10-15)24-17(26)11-28-19-18-13(3)14(4)29-20(18)23-12-22-19/h7-10,12H,5-6,11H2,1-4H3,(H,24,26). The first kappa shape index (κ1) is 21.3. The zero-order valence-electron chi connectivity index (χ0n) is 17.0. The third-order valence-electron chi connectivity index (χ3n) is 4.71. The number of anilines is 1. The Balaban J connectivity index is 1.68. The number of fused-ring (bicyclic) bond motifs is 1. The van der Waals surface area contributed by atoms with Crippen molar-refractivity contribution >= 4 is 50.8 Å². The van der Waals surface area contributed by atoms with E-state index in [1.165, 1.54) is 16.6 Å². The van der Waals surface area contributed by atoms with Crippen molar-refractivity contribution in [3.05, 3.63) is 46.6 Å². The molecule has 0 aliphatic heterocycles. The average Bonchev–Trinajstić information content (AvgIpc) is 3.02. The lowest BCUT2D eigenvalue weighted by molar-refractivity contribution is -0.113. The molecule has 0 aliphatic rings. The van der Waals surface area contributed by atoms with Gasteiger partial charge in [0.2, 0.25) is 5.91 Å². The molecule has 0 aliphatic carbocycles. The molecule has 0 unspecified atom stereocenters. The molecule has 2 amide bonds. The zero-order valence-corrected chi connectivity index (χ0v) is 18.6. The second-order valence-corrected chi connectivity index (χ2v) is 8.70. The molecule has 1 aromatic carbocycles. The summed E-state index contributed by atoms with van der Waals surface area (Å²) in [4.78, 5) is 37.6. The normalized spacial score (nSPS) is 10.9. The Hall–Kier alpha value is -2.45. The van der Waals surface area contributed by atoms with Crippen molar-refractivity contribution in [2.24, 2.45) is 0 Å². The molecule has 3 aromatic rings. The van der Waals surface area contributed by atoms with Crippen LogP contribution in [0.3, 0.4) is 0 Å². The second-order valence-electron chi connectivity index (χ2n) is 6.54. The summed E-state index contributed by atoms with van der Waals surface area (Å²) in [5.74, 6) is 0.0558. The fourth-order valence-electron chi connectivity index (χ4n) is 3.01. The molecule has 152 valence electrons. The Morgan fingerprint density at radius 1 is 1.17 bits per heavy atom. The number of hydrogen-bond acceptors (Lipinski definition) is 6. The minimum Gasteiger partial charge on any atom is -0.339 e. The highest BCUT2D eigenvalue weighted by Gasteiger charge is 2.15. The van der Waals surface area contributed by atoms with Crippen LogP contribution in [0.15, 0.2) is 35.6 Å². The number of thioether (sulfide) groups is 1. The Morgan fingerprint density at radius 3 is 2.66 bits per heavy atom. The van der Waals surface area contributed by atoms with Crippen LogP contribution in [0.5, 0.6) is 0 Å². The first-order valence-corrected chi connectivity index (χ1v) is 11.3. The lowest BCUT2D eigenvalue weighted by atomic mass is 10.1. The molecule has 0 spiro atoms. The smallest absolute Gasteiger partial charge is 0.253 e. The number of rotatable bonds is 7. The highest BCUT2D eigenvalue weighted by molar-refractivity contribution is 8.00. The molecule has 8 heteroatoms. The summed E-state index contributed by atoms with van der Waals surface area (Å²) in [5.41, 5.74) is 2.35. The van der Waals surface area contributed by atoms with E-state index in [1.54, 1.807) is 46.8 Å². The van der Waals surface area contributed by atoms with Crippen molar-refractivity contribution in [1.29, 1.82) is 0 Å². The van der Waals surface area contributed by atoms with E-state index in [9.17, 15) is 9.59 Å². The highest BCUT2D eigenvalue weighted by atomic mass is 32.2. The van der Waals surface area contributed by atoms with Gasteiger partial charge in [-0.3, -0.25) is 9.59 Å². The predicted octanol–water partition coefficient (Wildman–Crippen LogP) is 4.52. The first-order chi connectivity index (χ1) is 13.9. The summed E-state index contributed by atoms with van der Waals surface area (Å²) >= 11 is 3.03. The topological polar surface area (TPSA) is 75.2 Å². The quantitative estimate of drug-likeness (QED) is 0.442. The van der Waals surface area contributed by atoms with Crippen LogP contribution in [0.4, 0.5) is 5.69 Å². The van der Waals surface area contributed by atoms with Gasteiger partial charge in [0.15, 0.2) is 0 Å². The van der Waals surface area contributed by atoms with E-state index in [0.29, 0.717) is 24.3 Å². The van der Waals surface area contributed by atoms with Gasteiger partial charge in [-0.25, -0.2) is 9.97 Å². The number of carbonyl (C=O) groups excluding carboxylic acids is 2. The number of aryl methyl sites for hydroxylation is 2. The highest BCUT2D eigenvalue weighted by Crippen LogP contribution is 2.34. The maximum absolute atomic E-state index is 12.5. The van der Waals surface area contributed by atoms with E-state index in [0.717, 1.165) is 20.8 Å². The van der Waals surface area contributed by atoms with Crippen LogP contribution in [0.1, 0.15) is 34.6 Å². The van der Waals surface area contributed by atoms with Crippen LogP contribution in [0, 0.1) is 13.8 Å².